The molecule has 2 fully saturated rings. The van der Waals surface area contributed by atoms with Crippen molar-refractivity contribution in [1.29, 1.82) is 0 Å². The zero-order valence-corrected chi connectivity index (χ0v) is 13.4. The zero-order chi connectivity index (χ0) is 16.6. The Kier molecular flexibility index (Phi) is 4.24. The number of carbonyl (C=O) groups is 2. The smallest absolute Gasteiger partial charge is 0.326 e. The van der Waals surface area contributed by atoms with Crippen LogP contribution in [-0.2, 0) is 4.79 Å². The summed E-state index contributed by atoms with van der Waals surface area (Å²) in [6, 6.07) is 4.30. The Morgan fingerprint density at radius 3 is 2.83 bits per heavy atom. The lowest BCUT2D eigenvalue weighted by molar-refractivity contribution is -0.142. The summed E-state index contributed by atoms with van der Waals surface area (Å²) in [5.41, 5.74) is 0.245. The van der Waals surface area contributed by atoms with Gasteiger partial charge >= 0.3 is 5.97 Å². The number of aromatic nitrogens is 1. The summed E-state index contributed by atoms with van der Waals surface area (Å²) in [5, 5.41) is 9.56. The first-order valence-electron chi connectivity index (χ1n) is 8.15. The summed E-state index contributed by atoms with van der Waals surface area (Å²) >= 11 is 0. The Hall–Kier alpha value is -2.11. The predicted molar refractivity (Wildman–Crippen MR) is 83.3 cm³/mol. The van der Waals surface area contributed by atoms with Crippen molar-refractivity contribution in [2.45, 2.75) is 45.3 Å². The molecule has 3 atom stereocenters. The van der Waals surface area contributed by atoms with E-state index in [1.54, 1.807) is 18.2 Å². The maximum atomic E-state index is 12.8. The van der Waals surface area contributed by atoms with Gasteiger partial charge in [-0.1, -0.05) is 12.5 Å². The van der Waals surface area contributed by atoms with Gasteiger partial charge in [-0.05, 0) is 44.6 Å². The summed E-state index contributed by atoms with van der Waals surface area (Å²) in [5.74, 6) is -0.470. The SMILES string of the molecule is CC(C)Oc1cccc(C(=O)N2C[C@@H]3CCC[C@@H]3[C@@H]2C(=O)O)n1. The number of nitrogens with zero attached hydrogens (tertiary/aromatic N) is 2. The van der Waals surface area contributed by atoms with Crippen LogP contribution in [0.4, 0.5) is 0 Å². The number of rotatable bonds is 4. The number of carboxylic acids is 1. The highest BCUT2D eigenvalue weighted by atomic mass is 16.5. The first-order chi connectivity index (χ1) is 11.0. The van der Waals surface area contributed by atoms with Crippen LogP contribution in [0, 0.1) is 11.8 Å². The first-order valence-corrected chi connectivity index (χ1v) is 8.15. The van der Waals surface area contributed by atoms with E-state index in [0.717, 1.165) is 19.3 Å². The topological polar surface area (TPSA) is 79.7 Å². The Morgan fingerprint density at radius 2 is 2.13 bits per heavy atom. The van der Waals surface area contributed by atoms with Crippen LogP contribution in [0.15, 0.2) is 18.2 Å². The molecule has 1 saturated heterocycles. The molecule has 0 spiro atoms. The molecular formula is C17H22N2O4. The lowest BCUT2D eigenvalue weighted by Gasteiger charge is -2.24. The van der Waals surface area contributed by atoms with Crippen LogP contribution >= 0.6 is 0 Å². The van der Waals surface area contributed by atoms with Gasteiger partial charge in [0.1, 0.15) is 11.7 Å². The number of amides is 1. The third kappa shape index (κ3) is 3.02. The van der Waals surface area contributed by atoms with Crippen LogP contribution in [0.2, 0.25) is 0 Å². The fourth-order valence-corrected chi connectivity index (χ4v) is 3.82. The standard InChI is InChI=1S/C17H22N2O4/c1-10(2)23-14-8-4-7-13(18-14)16(20)19-9-11-5-3-6-12(11)15(19)17(21)22/h4,7-8,10-12,15H,3,5-6,9H2,1-2H3,(H,21,22)/t11-,12-,15+/m0/s1. The van der Waals surface area contributed by atoms with Crippen LogP contribution in [0.25, 0.3) is 0 Å². The molecule has 3 rings (SSSR count). The number of aliphatic carboxylic acids is 1. The molecule has 1 N–H and O–H groups in total. The Balaban J connectivity index is 1.83. The maximum Gasteiger partial charge on any atom is 0.326 e. The van der Waals surface area contributed by atoms with Gasteiger partial charge in [0.05, 0.1) is 6.10 Å². The Labute approximate surface area is 135 Å². The fourth-order valence-electron chi connectivity index (χ4n) is 3.82. The highest BCUT2D eigenvalue weighted by Crippen LogP contribution is 2.42. The number of carboxylic acid groups (broad SMARTS) is 1. The van der Waals surface area contributed by atoms with Crippen LogP contribution in [0.3, 0.4) is 0 Å². The van der Waals surface area contributed by atoms with Crippen molar-refractivity contribution in [3.63, 3.8) is 0 Å². The molecule has 0 radical (unpaired) electrons. The molecule has 2 heterocycles. The van der Waals surface area contributed by atoms with Gasteiger partial charge in [-0.15, -0.1) is 0 Å². The summed E-state index contributed by atoms with van der Waals surface area (Å²) in [7, 11) is 0. The van der Waals surface area contributed by atoms with Crippen LogP contribution in [0.1, 0.15) is 43.6 Å². The second-order valence-electron chi connectivity index (χ2n) is 6.62. The van der Waals surface area contributed by atoms with Crippen molar-refractivity contribution in [3.8, 4) is 5.88 Å². The number of likely N-dealkylation sites (tertiary alicyclic amines) is 1. The van der Waals surface area contributed by atoms with E-state index >= 15 is 0 Å². The quantitative estimate of drug-likeness (QED) is 0.920. The highest BCUT2D eigenvalue weighted by Gasteiger charge is 2.49. The molecule has 1 aromatic heterocycles. The molecule has 1 amide bonds. The largest absolute Gasteiger partial charge is 0.480 e. The first kappa shape index (κ1) is 15.8. The highest BCUT2D eigenvalue weighted by molar-refractivity contribution is 5.95. The summed E-state index contributed by atoms with van der Waals surface area (Å²) in [6.07, 6.45) is 2.90. The summed E-state index contributed by atoms with van der Waals surface area (Å²) in [4.78, 5) is 30.2. The molecule has 1 aromatic rings. The van der Waals surface area contributed by atoms with Gasteiger partial charge in [0.25, 0.3) is 5.91 Å². The Bertz CT molecular complexity index is 616. The van der Waals surface area contributed by atoms with Gasteiger partial charge in [0, 0.05) is 12.6 Å². The lowest BCUT2D eigenvalue weighted by Crippen LogP contribution is -2.43. The second-order valence-corrected chi connectivity index (χ2v) is 6.62. The molecule has 0 unspecified atom stereocenters. The van der Waals surface area contributed by atoms with Crippen molar-refractivity contribution in [1.82, 2.24) is 9.88 Å². The van der Waals surface area contributed by atoms with Gasteiger partial charge in [-0.2, -0.15) is 0 Å². The van der Waals surface area contributed by atoms with E-state index in [-0.39, 0.29) is 23.6 Å². The number of carbonyl (C=O) groups excluding carboxylic acids is 1. The van der Waals surface area contributed by atoms with Gasteiger partial charge in [-0.25, -0.2) is 9.78 Å². The molecule has 1 aliphatic heterocycles. The van der Waals surface area contributed by atoms with Gasteiger partial charge < -0.3 is 14.7 Å². The number of ether oxygens (including phenoxy) is 1. The van der Waals surface area contributed by atoms with E-state index in [4.69, 9.17) is 4.74 Å². The van der Waals surface area contributed by atoms with E-state index in [1.165, 1.54) is 4.90 Å². The van der Waals surface area contributed by atoms with Crippen LogP contribution in [0.5, 0.6) is 5.88 Å². The van der Waals surface area contributed by atoms with E-state index in [1.807, 2.05) is 13.8 Å². The molecule has 0 aromatic carbocycles. The Morgan fingerprint density at radius 1 is 1.35 bits per heavy atom. The molecule has 6 heteroatoms. The molecule has 0 bridgehead atoms. The van der Waals surface area contributed by atoms with Gasteiger partial charge in [0.15, 0.2) is 0 Å². The van der Waals surface area contributed by atoms with Crippen LogP contribution in [-0.4, -0.2) is 45.6 Å². The summed E-state index contributed by atoms with van der Waals surface area (Å²) < 4.78 is 5.52. The summed E-state index contributed by atoms with van der Waals surface area (Å²) in [6.45, 7) is 4.29. The maximum absolute atomic E-state index is 12.8. The number of pyridine rings is 1. The molecule has 124 valence electrons. The van der Waals surface area contributed by atoms with Crippen LogP contribution < -0.4 is 4.74 Å². The van der Waals surface area contributed by atoms with Crippen molar-refractivity contribution in [3.05, 3.63) is 23.9 Å². The minimum absolute atomic E-state index is 0.0363. The van der Waals surface area contributed by atoms with Crippen molar-refractivity contribution < 1.29 is 19.4 Å². The third-order valence-corrected chi connectivity index (χ3v) is 4.70. The average molecular weight is 318 g/mol. The predicted octanol–water partition coefficient (Wildman–Crippen LogP) is 2.19. The second kappa shape index (κ2) is 6.18. The monoisotopic (exact) mass is 318 g/mol. The van der Waals surface area contributed by atoms with Gasteiger partial charge in [-0.3, -0.25) is 4.79 Å². The average Bonchev–Trinajstić information content (AvgIpc) is 3.05. The number of hydrogen-bond donors (Lipinski definition) is 1. The van der Waals surface area contributed by atoms with E-state index < -0.39 is 12.0 Å². The minimum atomic E-state index is -0.915. The fraction of sp³-hybridized carbons (Fsp3) is 0.588. The zero-order valence-electron chi connectivity index (χ0n) is 13.4. The molecular weight excluding hydrogens is 296 g/mol. The molecule has 1 saturated carbocycles. The normalized spacial score (nSPS) is 26.4. The molecule has 23 heavy (non-hydrogen) atoms. The van der Waals surface area contributed by atoms with Gasteiger partial charge in [0.2, 0.25) is 5.88 Å². The van der Waals surface area contributed by atoms with Crippen molar-refractivity contribution >= 4 is 11.9 Å². The minimum Gasteiger partial charge on any atom is -0.480 e. The lowest BCUT2D eigenvalue weighted by atomic mass is 9.94. The molecule has 2 aliphatic rings. The molecule has 1 aliphatic carbocycles. The van der Waals surface area contributed by atoms with Crippen molar-refractivity contribution in [2.75, 3.05) is 6.54 Å². The number of hydrogen-bond acceptors (Lipinski definition) is 4. The van der Waals surface area contributed by atoms with Crippen molar-refractivity contribution in [2.24, 2.45) is 11.8 Å². The van der Waals surface area contributed by atoms with E-state index in [9.17, 15) is 14.7 Å². The van der Waals surface area contributed by atoms with E-state index in [2.05, 4.69) is 4.98 Å². The molecule has 6 nitrogen and oxygen atoms in total. The third-order valence-electron chi connectivity index (χ3n) is 4.70. The van der Waals surface area contributed by atoms with E-state index in [0.29, 0.717) is 18.3 Å². The number of fused-ring (bicyclic) bond motifs is 1.